The number of amides is 1. The second-order valence-corrected chi connectivity index (χ2v) is 7.57. The zero-order valence-corrected chi connectivity index (χ0v) is 16.9. The Morgan fingerprint density at radius 2 is 2.04 bits per heavy atom. The van der Waals surface area contributed by atoms with E-state index in [2.05, 4.69) is 29.4 Å². The van der Waals surface area contributed by atoms with Gasteiger partial charge in [-0.25, -0.2) is 4.98 Å². The summed E-state index contributed by atoms with van der Waals surface area (Å²) >= 11 is 0. The van der Waals surface area contributed by atoms with Gasteiger partial charge in [-0.05, 0) is 25.0 Å². The van der Waals surface area contributed by atoms with Crippen LogP contribution in [0.2, 0.25) is 0 Å². The van der Waals surface area contributed by atoms with Crippen LogP contribution in [0.4, 0.5) is 5.69 Å². The molecule has 7 nitrogen and oxygen atoms in total. The number of anilines is 1. The van der Waals surface area contributed by atoms with Crippen LogP contribution < -0.4 is 4.90 Å². The number of ether oxygens (including phenoxy) is 2. The summed E-state index contributed by atoms with van der Waals surface area (Å²) in [6.07, 6.45) is 3.41. The van der Waals surface area contributed by atoms with Crippen molar-refractivity contribution in [2.75, 3.05) is 51.0 Å². The van der Waals surface area contributed by atoms with Crippen molar-refractivity contribution in [2.24, 2.45) is 0 Å². The van der Waals surface area contributed by atoms with E-state index in [1.54, 1.807) is 0 Å². The highest BCUT2D eigenvalue weighted by Crippen LogP contribution is 2.31. The maximum absolute atomic E-state index is 12.6. The van der Waals surface area contributed by atoms with Gasteiger partial charge in [0.1, 0.15) is 5.65 Å². The number of nitrogens with zero attached hydrogens (tertiary/aromatic N) is 4. The number of fused-ring (bicyclic) bond motifs is 3. The molecule has 1 saturated heterocycles. The molecule has 2 aliphatic rings. The Morgan fingerprint density at radius 1 is 1.21 bits per heavy atom. The predicted molar refractivity (Wildman–Crippen MR) is 109 cm³/mol. The number of aromatic nitrogens is 2. The summed E-state index contributed by atoms with van der Waals surface area (Å²) in [5.41, 5.74) is 4.62. The van der Waals surface area contributed by atoms with E-state index >= 15 is 0 Å². The van der Waals surface area contributed by atoms with Crippen molar-refractivity contribution in [1.82, 2.24) is 14.5 Å². The largest absolute Gasteiger partial charge is 0.381 e. The summed E-state index contributed by atoms with van der Waals surface area (Å²) in [7, 11) is 0. The van der Waals surface area contributed by atoms with Gasteiger partial charge >= 0.3 is 0 Å². The summed E-state index contributed by atoms with van der Waals surface area (Å²) in [5, 5.41) is 1.19. The number of morpholine rings is 1. The van der Waals surface area contributed by atoms with Gasteiger partial charge in [0.15, 0.2) is 0 Å². The Bertz CT molecular complexity index is 842. The molecule has 2 aromatic heterocycles. The van der Waals surface area contributed by atoms with Gasteiger partial charge in [-0.3, -0.25) is 4.79 Å². The van der Waals surface area contributed by atoms with E-state index < -0.39 is 0 Å². The smallest absolute Gasteiger partial charge is 0.225 e. The van der Waals surface area contributed by atoms with Crippen LogP contribution in [0.15, 0.2) is 12.3 Å². The molecule has 0 atom stereocenters. The lowest BCUT2D eigenvalue weighted by Crippen LogP contribution is -2.38. The first-order valence-corrected chi connectivity index (χ1v) is 10.3. The topological polar surface area (TPSA) is 59.8 Å². The molecule has 28 heavy (non-hydrogen) atoms. The van der Waals surface area contributed by atoms with Crippen molar-refractivity contribution >= 4 is 22.6 Å². The minimum absolute atomic E-state index is 0.175. The maximum Gasteiger partial charge on any atom is 0.225 e. The second kappa shape index (κ2) is 8.49. The number of pyridine rings is 1. The molecule has 0 aromatic carbocycles. The molecule has 4 rings (SSSR count). The van der Waals surface area contributed by atoms with Gasteiger partial charge in [0.2, 0.25) is 5.91 Å². The van der Waals surface area contributed by atoms with Gasteiger partial charge in [-0.15, -0.1) is 0 Å². The molecule has 152 valence electrons. The molecule has 0 saturated carbocycles. The molecule has 2 aliphatic heterocycles. The molecule has 0 radical (unpaired) electrons. The highest BCUT2D eigenvalue weighted by Gasteiger charge is 2.25. The van der Waals surface area contributed by atoms with E-state index in [1.165, 1.54) is 16.6 Å². The van der Waals surface area contributed by atoms with Gasteiger partial charge in [-0.1, -0.05) is 6.92 Å². The zero-order valence-electron chi connectivity index (χ0n) is 16.9. The monoisotopic (exact) mass is 386 g/mol. The molecule has 0 bridgehead atoms. The van der Waals surface area contributed by atoms with Crippen LogP contribution in [0.1, 0.15) is 31.0 Å². The Kier molecular flexibility index (Phi) is 5.82. The summed E-state index contributed by atoms with van der Waals surface area (Å²) < 4.78 is 13.2. The fraction of sp³-hybridized carbons (Fsp3) is 0.619. The molecule has 7 heteroatoms. The van der Waals surface area contributed by atoms with Crippen LogP contribution in [0.3, 0.4) is 0 Å². The van der Waals surface area contributed by atoms with E-state index in [4.69, 9.17) is 14.5 Å². The predicted octanol–water partition coefficient (Wildman–Crippen LogP) is 2.34. The van der Waals surface area contributed by atoms with Crippen molar-refractivity contribution in [1.29, 1.82) is 0 Å². The van der Waals surface area contributed by atoms with Crippen molar-refractivity contribution < 1.29 is 14.3 Å². The Balaban J connectivity index is 1.52. The third kappa shape index (κ3) is 3.73. The quantitative estimate of drug-likeness (QED) is 0.713. The summed E-state index contributed by atoms with van der Waals surface area (Å²) in [6, 6.07) is 2.25. The number of aryl methyl sites for hydroxylation is 1. The van der Waals surface area contributed by atoms with Crippen molar-refractivity contribution in [3.05, 3.63) is 23.5 Å². The lowest BCUT2D eigenvalue weighted by molar-refractivity contribution is -0.133. The molecule has 1 amide bonds. The van der Waals surface area contributed by atoms with Crippen LogP contribution in [0.25, 0.3) is 11.0 Å². The fourth-order valence-corrected chi connectivity index (χ4v) is 4.12. The molecule has 0 spiro atoms. The average molecular weight is 386 g/mol. The van der Waals surface area contributed by atoms with Crippen molar-refractivity contribution in [3.8, 4) is 0 Å². The van der Waals surface area contributed by atoms with Gasteiger partial charge in [0, 0.05) is 43.9 Å². The van der Waals surface area contributed by atoms with Gasteiger partial charge in [0.25, 0.3) is 0 Å². The lowest BCUT2D eigenvalue weighted by Gasteiger charge is -2.29. The van der Waals surface area contributed by atoms with E-state index in [0.29, 0.717) is 19.6 Å². The average Bonchev–Trinajstić information content (AvgIpc) is 3.03. The third-order valence-corrected chi connectivity index (χ3v) is 5.74. The minimum atomic E-state index is 0.175. The number of carbonyl (C=O) groups excluding carboxylic acids is 1. The summed E-state index contributed by atoms with van der Waals surface area (Å²) in [5.74, 6) is 0.175. The number of carbonyl (C=O) groups is 1. The molecular weight excluding hydrogens is 356 g/mol. The normalized spacial score (nSPS) is 17.2. The first-order valence-electron chi connectivity index (χ1n) is 10.3. The number of hydrogen-bond donors (Lipinski definition) is 0. The SMILES string of the molecule is CCCOCCC(=O)N1CCn2c(c(C)c3cc(N4CCOCC4)cnc32)C1. The van der Waals surface area contributed by atoms with Crippen LogP contribution in [-0.2, 0) is 27.4 Å². The number of rotatable bonds is 6. The van der Waals surface area contributed by atoms with Gasteiger partial charge in [-0.2, -0.15) is 0 Å². The Morgan fingerprint density at radius 3 is 2.82 bits per heavy atom. The van der Waals surface area contributed by atoms with E-state index in [9.17, 15) is 4.79 Å². The van der Waals surface area contributed by atoms with E-state index in [-0.39, 0.29) is 5.91 Å². The van der Waals surface area contributed by atoms with E-state index in [0.717, 1.165) is 63.8 Å². The molecule has 4 heterocycles. The van der Waals surface area contributed by atoms with Crippen molar-refractivity contribution in [2.45, 2.75) is 39.8 Å². The first-order chi connectivity index (χ1) is 13.7. The lowest BCUT2D eigenvalue weighted by atomic mass is 10.1. The highest BCUT2D eigenvalue weighted by atomic mass is 16.5. The van der Waals surface area contributed by atoms with Crippen LogP contribution in [0.5, 0.6) is 0 Å². The van der Waals surface area contributed by atoms with E-state index in [1.807, 2.05) is 11.1 Å². The molecule has 0 N–H and O–H groups in total. The summed E-state index contributed by atoms with van der Waals surface area (Å²) in [4.78, 5) is 21.6. The molecule has 0 unspecified atom stereocenters. The molecule has 2 aromatic rings. The standard InChI is InChI=1S/C21H30N4O3/c1-3-9-27-10-4-20(26)24-5-6-25-19(15-24)16(2)18-13-17(14-22-21(18)25)23-7-11-28-12-8-23/h13-14H,3-12,15H2,1-2H3. The number of hydrogen-bond acceptors (Lipinski definition) is 5. The Hall–Kier alpha value is -2.12. The molecule has 0 aliphatic carbocycles. The molecule has 1 fully saturated rings. The van der Waals surface area contributed by atoms with Crippen molar-refractivity contribution in [3.63, 3.8) is 0 Å². The van der Waals surface area contributed by atoms with Gasteiger partial charge in [0.05, 0.1) is 44.7 Å². The first kappa shape index (κ1) is 19.2. The summed E-state index contributed by atoms with van der Waals surface area (Å²) in [6.45, 7) is 11.0. The third-order valence-electron chi connectivity index (χ3n) is 5.74. The highest BCUT2D eigenvalue weighted by molar-refractivity contribution is 5.85. The fourth-order valence-electron chi connectivity index (χ4n) is 4.12. The van der Waals surface area contributed by atoms with Crippen LogP contribution in [-0.4, -0.2) is 66.4 Å². The zero-order chi connectivity index (χ0) is 19.5. The van der Waals surface area contributed by atoms with Crippen LogP contribution in [0, 0.1) is 6.92 Å². The van der Waals surface area contributed by atoms with Crippen LogP contribution >= 0.6 is 0 Å². The van der Waals surface area contributed by atoms with Gasteiger partial charge < -0.3 is 23.8 Å². The minimum Gasteiger partial charge on any atom is -0.381 e. The molecular formula is C21H30N4O3. The second-order valence-electron chi connectivity index (χ2n) is 7.57. The Labute approximate surface area is 166 Å². The maximum atomic E-state index is 12.6.